The van der Waals surface area contributed by atoms with Crippen LogP contribution in [0.15, 0.2) is 52.1 Å². The number of halogens is 1. The fourth-order valence-corrected chi connectivity index (χ4v) is 3.45. The van der Waals surface area contributed by atoms with Crippen molar-refractivity contribution in [3.05, 3.63) is 52.5 Å². The summed E-state index contributed by atoms with van der Waals surface area (Å²) in [6.45, 7) is -0.396. The summed E-state index contributed by atoms with van der Waals surface area (Å²) in [5.74, 6) is -0.188. The molecule has 1 unspecified atom stereocenters. The number of anilines is 1. The van der Waals surface area contributed by atoms with Crippen LogP contribution >= 0.6 is 27.7 Å². The smallest absolute Gasteiger partial charge is 0.341 e. The summed E-state index contributed by atoms with van der Waals surface area (Å²) >= 11 is 4.87. The maximum absolute atomic E-state index is 10.7. The number of thioether (sulfide) groups is 1. The molecule has 8 nitrogen and oxygen atoms in total. The third-order valence-corrected chi connectivity index (χ3v) is 5.15. The summed E-state index contributed by atoms with van der Waals surface area (Å²) < 4.78 is 12.2. The van der Waals surface area contributed by atoms with Gasteiger partial charge in [0.1, 0.15) is 5.75 Å². The molecule has 1 aliphatic rings. The minimum Gasteiger partial charge on any atom is -0.482 e. The van der Waals surface area contributed by atoms with Crippen LogP contribution in [-0.4, -0.2) is 39.1 Å². The molecule has 0 radical (unpaired) electrons. The van der Waals surface area contributed by atoms with Crippen LogP contribution in [0.5, 0.6) is 11.6 Å². The first-order valence-corrected chi connectivity index (χ1v) is 10.5. The third-order valence-electron chi connectivity index (χ3n) is 4.12. The second kappa shape index (κ2) is 8.26. The molecular formula is C19H15BrN4O4S. The van der Waals surface area contributed by atoms with Gasteiger partial charge in [-0.2, -0.15) is 4.98 Å². The van der Waals surface area contributed by atoms with Crippen LogP contribution in [0, 0.1) is 0 Å². The van der Waals surface area contributed by atoms with E-state index in [4.69, 9.17) is 14.6 Å². The van der Waals surface area contributed by atoms with Crippen molar-refractivity contribution in [3.8, 4) is 22.9 Å². The zero-order valence-corrected chi connectivity index (χ0v) is 17.5. The number of benzene rings is 2. The molecule has 2 aromatic carbocycles. The topological polar surface area (TPSA) is 106 Å². The molecule has 0 amide bonds. The van der Waals surface area contributed by atoms with Crippen LogP contribution in [0.25, 0.3) is 11.3 Å². The Hall–Kier alpha value is -2.85. The Bertz CT molecular complexity index is 1060. The van der Waals surface area contributed by atoms with Gasteiger partial charge in [0, 0.05) is 21.3 Å². The van der Waals surface area contributed by atoms with Crippen LogP contribution in [0.4, 0.5) is 5.69 Å². The van der Waals surface area contributed by atoms with Gasteiger partial charge >= 0.3 is 5.97 Å². The van der Waals surface area contributed by atoms with E-state index in [0.29, 0.717) is 22.5 Å². The van der Waals surface area contributed by atoms with Gasteiger partial charge in [0.2, 0.25) is 11.0 Å². The number of rotatable bonds is 5. The number of fused-ring (bicyclic) bond motifs is 3. The normalized spacial score (nSPS) is 14.6. The van der Waals surface area contributed by atoms with E-state index in [2.05, 4.69) is 36.4 Å². The molecular weight excluding hydrogens is 460 g/mol. The standard InChI is InChI=1S/C19H15BrN4O4S/c1-29-19-22-18-16(23-24-19)13-8-11(20)4-7-14(13)21-17(28-18)10-2-5-12(6-3-10)27-9-15(25)26/h2-8,17,21H,9H2,1H3,(H,25,26). The highest BCUT2D eigenvalue weighted by atomic mass is 79.9. The van der Waals surface area contributed by atoms with E-state index in [-0.39, 0.29) is 0 Å². The minimum absolute atomic E-state index is 0.380. The lowest BCUT2D eigenvalue weighted by molar-refractivity contribution is -0.139. The number of carboxylic acids is 1. The number of nitrogens with one attached hydrogen (secondary N) is 1. The maximum atomic E-state index is 10.7. The highest BCUT2D eigenvalue weighted by molar-refractivity contribution is 9.10. The van der Waals surface area contributed by atoms with Gasteiger partial charge in [-0.15, -0.1) is 10.2 Å². The molecule has 0 saturated carbocycles. The number of hydrogen-bond donors (Lipinski definition) is 2. The number of carboxylic acid groups (broad SMARTS) is 1. The number of carbonyl (C=O) groups is 1. The van der Waals surface area contributed by atoms with Crippen molar-refractivity contribution in [1.82, 2.24) is 15.2 Å². The molecule has 2 N–H and O–H groups in total. The summed E-state index contributed by atoms with van der Waals surface area (Å²) in [7, 11) is 0. The summed E-state index contributed by atoms with van der Waals surface area (Å²) in [4.78, 5) is 15.1. The fourth-order valence-electron chi connectivity index (χ4n) is 2.79. The van der Waals surface area contributed by atoms with Gasteiger partial charge in [0.05, 0.1) is 0 Å². The lowest BCUT2D eigenvalue weighted by atomic mass is 10.1. The monoisotopic (exact) mass is 474 g/mol. The zero-order chi connectivity index (χ0) is 20.4. The number of nitrogens with zero attached hydrogens (tertiary/aromatic N) is 3. The number of aromatic nitrogens is 3. The maximum Gasteiger partial charge on any atom is 0.341 e. The molecule has 4 rings (SSSR count). The second-order valence-corrected chi connectivity index (χ2v) is 7.72. The molecule has 0 bridgehead atoms. The van der Waals surface area contributed by atoms with E-state index in [1.165, 1.54) is 11.8 Å². The van der Waals surface area contributed by atoms with Crippen LogP contribution in [0.2, 0.25) is 0 Å². The number of hydrogen-bond acceptors (Lipinski definition) is 8. The van der Waals surface area contributed by atoms with Crippen molar-refractivity contribution in [2.45, 2.75) is 11.4 Å². The number of ether oxygens (including phenoxy) is 2. The first-order chi connectivity index (χ1) is 14.0. The van der Waals surface area contributed by atoms with E-state index in [1.54, 1.807) is 12.1 Å². The molecule has 10 heteroatoms. The predicted molar refractivity (Wildman–Crippen MR) is 111 cm³/mol. The Morgan fingerprint density at radius 2 is 2.07 bits per heavy atom. The van der Waals surface area contributed by atoms with Crippen molar-refractivity contribution < 1.29 is 19.4 Å². The van der Waals surface area contributed by atoms with Gasteiger partial charge < -0.3 is 19.9 Å². The first-order valence-electron chi connectivity index (χ1n) is 8.50. The average Bonchev–Trinajstić information content (AvgIpc) is 2.88. The summed E-state index contributed by atoms with van der Waals surface area (Å²) in [6.07, 6.45) is 1.34. The highest BCUT2D eigenvalue weighted by Crippen LogP contribution is 2.40. The predicted octanol–water partition coefficient (Wildman–Crippen LogP) is 3.99. The molecule has 0 fully saturated rings. The third kappa shape index (κ3) is 4.28. The van der Waals surface area contributed by atoms with E-state index in [0.717, 1.165) is 21.3 Å². The van der Waals surface area contributed by atoms with E-state index in [9.17, 15) is 4.79 Å². The highest BCUT2D eigenvalue weighted by Gasteiger charge is 2.26. The summed E-state index contributed by atoms with van der Waals surface area (Å²) in [5.41, 5.74) is 3.02. The first kappa shape index (κ1) is 19.5. The van der Waals surface area contributed by atoms with E-state index >= 15 is 0 Å². The average molecular weight is 475 g/mol. The Kier molecular flexibility index (Phi) is 5.54. The van der Waals surface area contributed by atoms with Crippen LogP contribution in [0.1, 0.15) is 11.8 Å². The van der Waals surface area contributed by atoms with Crippen LogP contribution in [0.3, 0.4) is 0 Å². The SMILES string of the molecule is CSc1nnc2c(n1)OC(c1ccc(OCC(=O)O)cc1)Nc1ccc(Br)cc1-2. The van der Waals surface area contributed by atoms with Crippen molar-refractivity contribution in [2.75, 3.05) is 18.2 Å². The minimum atomic E-state index is -1.03. The van der Waals surface area contributed by atoms with Gasteiger partial charge in [-0.3, -0.25) is 0 Å². The zero-order valence-electron chi connectivity index (χ0n) is 15.1. The molecule has 3 aromatic rings. The van der Waals surface area contributed by atoms with Gasteiger partial charge in [-0.25, -0.2) is 4.79 Å². The molecule has 1 atom stereocenters. The van der Waals surface area contributed by atoms with E-state index < -0.39 is 18.8 Å². The van der Waals surface area contributed by atoms with Crippen LogP contribution < -0.4 is 14.8 Å². The Morgan fingerprint density at radius 1 is 1.28 bits per heavy atom. The van der Waals surface area contributed by atoms with Gasteiger partial charge in [0.25, 0.3) is 0 Å². The van der Waals surface area contributed by atoms with Crippen LogP contribution in [-0.2, 0) is 4.79 Å². The fraction of sp³-hybridized carbons (Fsp3) is 0.158. The second-order valence-electron chi connectivity index (χ2n) is 6.04. The van der Waals surface area contributed by atoms with Crippen molar-refractivity contribution in [2.24, 2.45) is 0 Å². The Labute approximate surface area is 178 Å². The Balaban J connectivity index is 1.70. The van der Waals surface area contributed by atoms with Gasteiger partial charge in [0.15, 0.2) is 18.5 Å². The number of aliphatic carboxylic acids is 1. The molecule has 0 spiro atoms. The summed E-state index contributed by atoms with van der Waals surface area (Å²) in [5, 5.41) is 21.1. The lowest BCUT2D eigenvalue weighted by Crippen LogP contribution is -2.17. The molecule has 0 saturated heterocycles. The quantitative estimate of drug-likeness (QED) is 0.530. The van der Waals surface area contributed by atoms with Crippen molar-refractivity contribution in [1.29, 1.82) is 0 Å². The summed E-state index contributed by atoms with van der Waals surface area (Å²) in [6, 6.07) is 12.8. The lowest BCUT2D eigenvalue weighted by Gasteiger charge is -2.19. The van der Waals surface area contributed by atoms with Gasteiger partial charge in [-0.05, 0) is 48.7 Å². The largest absolute Gasteiger partial charge is 0.482 e. The molecule has 2 heterocycles. The molecule has 1 aromatic heterocycles. The van der Waals surface area contributed by atoms with Crippen molar-refractivity contribution in [3.63, 3.8) is 0 Å². The van der Waals surface area contributed by atoms with Crippen molar-refractivity contribution >= 4 is 39.3 Å². The van der Waals surface area contributed by atoms with Gasteiger partial charge in [-0.1, -0.05) is 27.7 Å². The molecule has 0 aliphatic carbocycles. The van der Waals surface area contributed by atoms with E-state index in [1.807, 2.05) is 36.6 Å². The molecule has 29 heavy (non-hydrogen) atoms. The molecule has 1 aliphatic heterocycles. The Morgan fingerprint density at radius 3 is 2.79 bits per heavy atom. The molecule has 148 valence electrons.